The van der Waals surface area contributed by atoms with Crippen LogP contribution >= 0.6 is 74.7 Å². The van der Waals surface area contributed by atoms with Gasteiger partial charge in [0.25, 0.3) is 32.9 Å². The number of aliphatic hydroxyl groups excluding tert-OH is 7. The maximum atomic E-state index is 16.1. The number of nitro benzene ring substituents is 4. The average Bonchev–Trinajstić information content (AvgIpc) is 1.72. The van der Waals surface area contributed by atoms with Crippen LogP contribution in [0.4, 0.5) is 61.9 Å². The third kappa shape index (κ3) is 27.6. The molecule has 143 heavy (non-hydrogen) atoms. The highest BCUT2D eigenvalue weighted by Crippen LogP contribution is 2.51. The molecule has 40 nitrogen and oxygen atoms in total. The van der Waals surface area contributed by atoms with Gasteiger partial charge in [0.15, 0.2) is 5.79 Å². The Morgan fingerprint density at radius 2 is 1.05 bits per heavy atom. The lowest BCUT2D eigenvalue weighted by molar-refractivity contribution is -0.393. The molecule has 5 aliphatic carbocycles. The number of halogens is 11. The number of nitrogens with one attached hydrogen (secondary N) is 2. The topological polar surface area (TPSA) is 599 Å². The highest BCUT2D eigenvalue weighted by atomic mass is 79.9. The summed E-state index contributed by atoms with van der Waals surface area (Å²) in [4.78, 5) is 79.0. The second-order valence-electron chi connectivity index (χ2n) is 35.8. The summed E-state index contributed by atoms with van der Waals surface area (Å²) >= 11 is 26.5. The molecule has 1 aliphatic heterocycles. The van der Waals surface area contributed by atoms with E-state index in [9.17, 15) is 91.7 Å². The summed E-state index contributed by atoms with van der Waals surface area (Å²) in [6.45, 7) is 17.4. The summed E-state index contributed by atoms with van der Waals surface area (Å²) in [6.07, 6.45) is -3.99. The lowest BCUT2D eigenvalue weighted by Gasteiger charge is -2.53. The molecule has 10 aromatic rings. The monoisotopic (exact) mass is 2210 g/mol. The van der Waals surface area contributed by atoms with Crippen molar-refractivity contribution < 1.29 is 113 Å². The summed E-state index contributed by atoms with van der Waals surface area (Å²) in [5.41, 5.74) is 12.3. The number of aliphatic hydroxyl groups is 7. The molecule has 6 fully saturated rings. The second kappa shape index (κ2) is 51.6. The number of aryl methyl sites for hydroxylation is 1. The van der Waals surface area contributed by atoms with Crippen molar-refractivity contribution in [3.63, 3.8) is 0 Å². The van der Waals surface area contributed by atoms with Crippen LogP contribution in [-0.4, -0.2) is 246 Å². The van der Waals surface area contributed by atoms with Crippen molar-refractivity contribution in [1.29, 1.82) is 0 Å². The maximum absolute atomic E-state index is 16.1. The minimum absolute atomic E-state index is 0. The third-order valence-electron chi connectivity index (χ3n) is 25.5. The number of aldehydes is 1. The van der Waals surface area contributed by atoms with E-state index >= 15 is 4.39 Å². The SMILES string of the molecule is C.CC(C)C1(C(C)C)O[C@@H]2[C@@H](CO[Si](C(C)C)(C(C)C)O1)C[C@@H](Nc1ccc([N+](=O)[O-])cc1[N+](=O)[O-])[C@@H]2F.Cc1ccc(S(=O)(=O)OC[C@H]2C[C@@H](n3ccc4c(Cl)ncnc43)[C@H](F)[C@@H]2O)cc1.Cl.N[C@@H]1C[C@H](CO)[C@@H](O)[C@H]1F.Nc1nc2cc(O)ccc2cc1Br.O=CCc1c(Cl)ncnc1Cl.O=[N+]([O-])c1ccc(N[C@@H]2C[C@H](CO)[C@@H](O)[C@H]2F)c([N+](=O)[O-])c1.OC[C@H]1C[C@@H](n2ccc3c(Cl)ncnc32)[C@H](F)[C@@H]1O. The number of pyridine rings is 1. The fraction of sp³-hybridized carbons (Fsp3) is 0.511. The summed E-state index contributed by atoms with van der Waals surface area (Å²) in [5.74, 6) is -3.09. The molecule has 0 spiro atoms. The number of aromatic hydroxyl groups is 1. The number of nitrogen functional groups attached to an aromatic ring is 1. The molecule has 20 atom stereocenters. The number of nitrogens with two attached hydrogens (primary N) is 2. The van der Waals surface area contributed by atoms with Crippen molar-refractivity contribution in [3.05, 3.63) is 205 Å². The summed E-state index contributed by atoms with van der Waals surface area (Å²) in [5, 5.41) is 128. The lowest BCUT2D eigenvalue weighted by Crippen LogP contribution is -2.63. The normalized spacial score (nSPS) is 25.6. The third-order valence-corrected chi connectivity index (χ3v) is 33.2. The predicted octanol–water partition coefficient (Wildman–Crippen LogP) is 15.6. The highest BCUT2D eigenvalue weighted by Gasteiger charge is 2.60. The number of anilines is 3. The Morgan fingerprint density at radius 3 is 1.48 bits per heavy atom. The molecule has 4 aromatic carbocycles. The molecular formula is C90H114BrCl5F5N17O23SSi. The zero-order valence-electron chi connectivity index (χ0n) is 77.6. The fourth-order valence-electron chi connectivity index (χ4n) is 17.8. The van der Waals surface area contributed by atoms with Gasteiger partial charge in [-0.05, 0) is 121 Å². The van der Waals surface area contributed by atoms with E-state index in [4.69, 9.17) is 96.1 Å². The molecule has 0 unspecified atom stereocenters. The lowest BCUT2D eigenvalue weighted by atomic mass is 9.91. The van der Waals surface area contributed by atoms with Crippen molar-refractivity contribution in [2.24, 2.45) is 47.2 Å². The van der Waals surface area contributed by atoms with E-state index in [0.717, 1.165) is 39.7 Å². The van der Waals surface area contributed by atoms with Crippen molar-refractivity contribution in [3.8, 4) is 5.75 Å². The number of phenolic OH excluding ortho intramolecular Hbond substituents is 1. The fourth-order valence-corrected chi connectivity index (χ4v) is 24.0. The van der Waals surface area contributed by atoms with Crippen LogP contribution in [0.5, 0.6) is 5.75 Å². The van der Waals surface area contributed by atoms with Crippen LogP contribution in [0.2, 0.25) is 31.7 Å². The van der Waals surface area contributed by atoms with E-state index in [1.165, 1.54) is 43.2 Å². The maximum Gasteiger partial charge on any atom is 0.345 e. The first kappa shape index (κ1) is 119. The number of hydrogen-bond donors (Lipinski definition) is 12. The quantitative estimate of drug-likeness (QED) is 0.00538. The Hall–Kier alpha value is -9.65. The van der Waals surface area contributed by atoms with Crippen molar-refractivity contribution in [2.75, 3.05) is 49.4 Å². The summed E-state index contributed by atoms with van der Waals surface area (Å²) < 4.78 is 126. The van der Waals surface area contributed by atoms with E-state index < -0.39 is 183 Å². The first-order valence-corrected chi connectivity index (χ1v) is 50.1. The number of rotatable bonds is 23. The van der Waals surface area contributed by atoms with Crippen LogP contribution in [0.15, 0.2) is 138 Å². The second-order valence-corrected chi connectivity index (χ2v) is 44.0. The van der Waals surface area contributed by atoms with Gasteiger partial charge in [-0.2, -0.15) is 8.42 Å². The minimum atomic E-state index is -4.00. The molecule has 784 valence electrons. The molecule has 5 saturated carbocycles. The number of fused-ring (bicyclic) bond motifs is 4. The van der Waals surface area contributed by atoms with Crippen molar-refractivity contribution in [1.82, 2.24) is 44.0 Å². The predicted molar refractivity (Wildman–Crippen MR) is 532 cm³/mol. The van der Waals surface area contributed by atoms with Gasteiger partial charge in [0.2, 0.25) is 0 Å². The van der Waals surface area contributed by atoms with Gasteiger partial charge in [-0.1, -0.05) is 127 Å². The molecule has 0 radical (unpaired) electrons. The van der Waals surface area contributed by atoms with E-state index in [1.54, 1.807) is 64.0 Å². The van der Waals surface area contributed by atoms with Crippen LogP contribution in [-0.2, 0) is 39.1 Å². The molecule has 0 amide bonds. The number of nitro groups is 4. The number of phenols is 1. The van der Waals surface area contributed by atoms with Crippen LogP contribution in [0.1, 0.15) is 118 Å². The number of carbonyl (C=O) groups is 1. The molecule has 14 N–H and O–H groups in total. The largest absolute Gasteiger partial charge is 0.508 e. The number of benzene rings is 4. The van der Waals surface area contributed by atoms with Crippen molar-refractivity contribution in [2.45, 2.75) is 222 Å². The van der Waals surface area contributed by atoms with E-state index in [0.29, 0.717) is 69.7 Å². The zero-order chi connectivity index (χ0) is 104. The van der Waals surface area contributed by atoms with Crippen LogP contribution in [0.3, 0.4) is 0 Å². The Kier molecular flexibility index (Phi) is 42.8. The van der Waals surface area contributed by atoms with Gasteiger partial charge < -0.3 is 90.5 Å². The highest BCUT2D eigenvalue weighted by molar-refractivity contribution is 9.10. The summed E-state index contributed by atoms with van der Waals surface area (Å²) in [7, 11) is -6.82. The number of non-ortho nitro benzene ring substituents is 2. The Bertz CT molecular complexity index is 6110. The number of hydrogen-bond acceptors (Lipinski definition) is 34. The van der Waals surface area contributed by atoms with Gasteiger partial charge >= 0.3 is 8.56 Å². The molecule has 7 heterocycles. The van der Waals surface area contributed by atoms with E-state index in [-0.39, 0.29) is 138 Å². The van der Waals surface area contributed by atoms with Gasteiger partial charge in [0, 0.05) is 122 Å². The average molecular weight is 2210 g/mol. The Morgan fingerprint density at radius 1 is 0.601 bits per heavy atom. The first-order chi connectivity index (χ1) is 66.5. The Balaban J connectivity index is 0.000000212. The van der Waals surface area contributed by atoms with Gasteiger partial charge in [-0.25, -0.2) is 56.8 Å². The molecule has 1 saturated heterocycles. The molecule has 6 aliphatic rings. The number of nitrogens with zero attached hydrogens (tertiary/aromatic N) is 13. The van der Waals surface area contributed by atoms with Gasteiger partial charge in [0.05, 0.1) is 119 Å². The van der Waals surface area contributed by atoms with Crippen LogP contribution in [0, 0.1) is 88.8 Å². The molecule has 6 aromatic heterocycles. The van der Waals surface area contributed by atoms with Gasteiger partial charge in [-0.15, -0.1) is 12.4 Å². The zero-order valence-corrected chi connectivity index (χ0v) is 84.8. The molecular weight excluding hydrogens is 2100 g/mol. The number of carbonyl (C=O) groups excluding carboxylic acids is 1. The van der Waals surface area contributed by atoms with Gasteiger partial charge in [-0.3, -0.25) is 44.6 Å². The smallest absolute Gasteiger partial charge is 0.345 e. The standard InChI is InChI=1S/C25H40FN3O7Si.C19H19ClFN3O4S.C12H13ClFN3O2.C12H14FN3O6.C9H7BrN2O.C6H4Cl2N2O.C6H12FNO2.CH4.ClH/c1-14(2)25(15(3)4)35-24-18(13-34-37(36-25,16(5)6)17(7)8)11-21(23(24)26)27-20-10-9-19(28(30)31)12-22(20)29(32)33;1-11-2-4-13(5-3-11)29(26,27)28-9-12-8-15(16(21)17(12)25)24-7-6-14-18(20)22-10-23-19(14)24;13-11-7-1-2-17(12(7)16-5-15-11)8-3-6(4-18)10(19)9(8)14;13-11-9(3-6(5-17)12(11)18)14-8-2-1-7(15(19)20)4-10(8)16(21)22;10-7-3-5-1-2-6(13)4-8(5)12-9(7)11;7-5-4(1-2-11)6(8)10-3-9-5;7-5-4(8)1-3(2-9)6(5)10;;/h9-10,12,14-18,21,23-24,27H,11,13H2,1-8H3;2-7,10,12,15-17,25H,8-9H2,1H3;1-2,5-6,8-10,18-19H,3-4H2;1-2,4,6,9,11-12,14,17-18H,3,5H2;1-4,13H,(H2,11,12);2-3H,1H2;3-6,9-10H,1-2,8H2;1H4;1H/t18-,21-,23+,24-;12-,15-,16+,17-;6-,8-,9+,10-;6-,9-,11+,12-;;;3-,4-,5+,6-;;/m1111..1../s1. The molecule has 0 bridgehead atoms. The summed E-state index contributed by atoms with van der Waals surface area (Å²) in [6, 6.07) is 19.2. The van der Waals surface area contributed by atoms with E-state index in [2.05, 4.69) is 89.1 Å². The first-order valence-electron chi connectivity index (χ1n) is 44.4. The number of ether oxygens (including phenoxy) is 1. The minimum Gasteiger partial charge on any atom is -0.508 e. The van der Waals surface area contributed by atoms with Crippen LogP contribution < -0.4 is 22.1 Å². The van der Waals surface area contributed by atoms with Crippen LogP contribution in [0.25, 0.3) is 33.0 Å². The molecule has 53 heteroatoms. The van der Waals surface area contributed by atoms with Gasteiger partial charge in [0.1, 0.15) is 111 Å². The van der Waals surface area contributed by atoms with E-state index in [1.807, 2.05) is 40.7 Å². The molecule has 16 rings (SSSR count). The van der Waals surface area contributed by atoms with Crippen molar-refractivity contribution >= 4 is 173 Å². The number of aromatic nitrogens is 9. The Labute approximate surface area is 853 Å². The number of alkyl halides is 5.